The van der Waals surface area contributed by atoms with Crippen LogP contribution in [0.4, 0.5) is 0 Å². The Morgan fingerprint density at radius 3 is 2.31 bits per heavy atom. The highest BCUT2D eigenvalue weighted by molar-refractivity contribution is 14.1. The van der Waals surface area contributed by atoms with Crippen molar-refractivity contribution in [3.05, 3.63) is 0 Å². The summed E-state index contributed by atoms with van der Waals surface area (Å²) >= 11 is 4.64. The molecule has 0 amide bonds. The highest BCUT2D eigenvalue weighted by Gasteiger charge is 2.14. The summed E-state index contributed by atoms with van der Waals surface area (Å²) in [6.07, 6.45) is 4.16. The molecule has 1 unspecified atom stereocenters. The Morgan fingerprint density at radius 2 is 1.92 bits per heavy atom. The number of hydrogen-bond donors (Lipinski definition) is 0. The lowest BCUT2D eigenvalue weighted by molar-refractivity contribution is 0.569. The molecule has 0 aromatic rings. The number of unbranched alkanes of at least 4 members (excludes halogenated alkanes) is 1. The summed E-state index contributed by atoms with van der Waals surface area (Å²) in [7, 11) is 0. The fourth-order valence-corrected chi connectivity index (χ4v) is 3.26. The van der Waals surface area contributed by atoms with Crippen LogP contribution in [0.2, 0.25) is 0 Å². The van der Waals surface area contributed by atoms with E-state index in [1.807, 2.05) is 0 Å². The van der Waals surface area contributed by atoms with Gasteiger partial charge in [0.05, 0.1) is 0 Å². The van der Waals surface area contributed by atoms with Crippen LogP contribution in [0, 0.1) is 5.92 Å². The van der Waals surface area contributed by atoms with Crippen LogP contribution in [-0.2, 0) is 0 Å². The van der Waals surface area contributed by atoms with Gasteiger partial charge in [0.15, 0.2) is 0 Å². The van der Waals surface area contributed by atoms with Crippen LogP contribution in [0.15, 0.2) is 0 Å². The second-order valence-corrected chi connectivity index (χ2v) is 7.31. The summed E-state index contributed by atoms with van der Waals surface area (Å²) in [5.41, 5.74) is 0. The fourth-order valence-electron chi connectivity index (χ4n) is 1.07. The third-order valence-corrected chi connectivity index (χ3v) is 4.69. The molecule has 0 aliphatic rings. The van der Waals surface area contributed by atoms with Gasteiger partial charge in [-0.15, -0.1) is 0 Å². The molecular formula is C11H23IS. The summed E-state index contributed by atoms with van der Waals surface area (Å²) in [6, 6.07) is 0. The van der Waals surface area contributed by atoms with Crippen molar-refractivity contribution in [1.82, 2.24) is 0 Å². The number of alkyl halides is 1. The maximum absolute atomic E-state index is 2.53. The standard InChI is InChI=1S/C11H23IS/c1-5-6-7-10(8-12)9-13-11(2,3)4/h10H,5-9H2,1-4H3. The van der Waals surface area contributed by atoms with Crippen LogP contribution in [0.1, 0.15) is 47.0 Å². The van der Waals surface area contributed by atoms with Gasteiger partial charge in [-0.3, -0.25) is 0 Å². The first-order valence-corrected chi connectivity index (χ1v) is 7.70. The number of rotatable bonds is 6. The number of thioether (sulfide) groups is 1. The monoisotopic (exact) mass is 314 g/mol. The molecule has 80 valence electrons. The highest BCUT2D eigenvalue weighted by Crippen LogP contribution is 2.27. The predicted molar refractivity (Wildman–Crippen MR) is 74.1 cm³/mol. The van der Waals surface area contributed by atoms with Gasteiger partial charge in [0.2, 0.25) is 0 Å². The molecule has 0 saturated carbocycles. The third-order valence-electron chi connectivity index (χ3n) is 1.94. The van der Waals surface area contributed by atoms with E-state index in [0.29, 0.717) is 4.75 Å². The molecule has 0 saturated heterocycles. The average molecular weight is 314 g/mol. The van der Waals surface area contributed by atoms with Gasteiger partial charge in [-0.25, -0.2) is 0 Å². The lowest BCUT2D eigenvalue weighted by atomic mass is 10.1. The maximum atomic E-state index is 2.53. The molecule has 0 nitrogen and oxygen atoms in total. The zero-order valence-corrected chi connectivity index (χ0v) is 12.4. The average Bonchev–Trinajstić information content (AvgIpc) is 2.03. The molecule has 0 bridgehead atoms. The SMILES string of the molecule is CCCCC(CI)CSC(C)(C)C. The van der Waals surface area contributed by atoms with Gasteiger partial charge >= 0.3 is 0 Å². The van der Waals surface area contributed by atoms with Crippen molar-refractivity contribution >= 4 is 34.4 Å². The Hall–Kier alpha value is 1.08. The van der Waals surface area contributed by atoms with Crippen LogP contribution in [0.3, 0.4) is 0 Å². The topological polar surface area (TPSA) is 0 Å². The first kappa shape index (κ1) is 14.1. The second-order valence-electron chi connectivity index (χ2n) is 4.59. The molecule has 0 spiro atoms. The lowest BCUT2D eigenvalue weighted by Crippen LogP contribution is -2.14. The van der Waals surface area contributed by atoms with E-state index in [1.54, 1.807) is 0 Å². The summed E-state index contributed by atoms with van der Waals surface area (Å²) < 4.78 is 1.76. The summed E-state index contributed by atoms with van der Waals surface area (Å²) in [6.45, 7) is 9.20. The van der Waals surface area contributed by atoms with E-state index >= 15 is 0 Å². The second kappa shape index (κ2) is 7.38. The predicted octanol–water partition coefficient (Wildman–Crippen LogP) is 4.76. The largest absolute Gasteiger partial charge is 0.156 e. The van der Waals surface area contributed by atoms with Gasteiger partial charge < -0.3 is 0 Å². The fraction of sp³-hybridized carbons (Fsp3) is 1.00. The first-order chi connectivity index (χ1) is 5.99. The van der Waals surface area contributed by atoms with Crippen molar-refractivity contribution < 1.29 is 0 Å². The molecule has 0 aromatic heterocycles. The molecule has 0 aliphatic heterocycles. The van der Waals surface area contributed by atoms with E-state index in [1.165, 1.54) is 29.4 Å². The minimum absolute atomic E-state index is 0.441. The van der Waals surface area contributed by atoms with Gasteiger partial charge in [-0.05, 0) is 18.1 Å². The zero-order chi connectivity index (χ0) is 10.3. The van der Waals surface area contributed by atoms with Gasteiger partial charge in [-0.1, -0.05) is 63.1 Å². The molecule has 13 heavy (non-hydrogen) atoms. The van der Waals surface area contributed by atoms with Crippen LogP contribution in [-0.4, -0.2) is 14.9 Å². The van der Waals surface area contributed by atoms with Gasteiger partial charge in [0, 0.05) is 9.17 Å². The zero-order valence-electron chi connectivity index (χ0n) is 9.40. The van der Waals surface area contributed by atoms with Crippen molar-refractivity contribution in [2.45, 2.75) is 51.7 Å². The van der Waals surface area contributed by atoms with Crippen molar-refractivity contribution in [3.63, 3.8) is 0 Å². The molecule has 0 aromatic carbocycles. The van der Waals surface area contributed by atoms with Crippen molar-refractivity contribution in [3.8, 4) is 0 Å². The maximum Gasteiger partial charge on any atom is 0.00752 e. The number of hydrogen-bond acceptors (Lipinski definition) is 1. The Labute approximate surface area is 102 Å². The van der Waals surface area contributed by atoms with Crippen LogP contribution >= 0.6 is 34.4 Å². The minimum atomic E-state index is 0.441. The molecule has 0 heterocycles. The summed E-state index contributed by atoms with van der Waals surface area (Å²) in [5.74, 6) is 2.27. The van der Waals surface area contributed by atoms with Crippen LogP contribution in [0.5, 0.6) is 0 Å². The first-order valence-electron chi connectivity index (χ1n) is 5.19. The Kier molecular flexibility index (Phi) is 8.00. The summed E-state index contributed by atoms with van der Waals surface area (Å²) in [5, 5.41) is 0. The minimum Gasteiger partial charge on any atom is -0.156 e. The van der Waals surface area contributed by atoms with E-state index in [4.69, 9.17) is 0 Å². The highest BCUT2D eigenvalue weighted by atomic mass is 127. The molecule has 0 fully saturated rings. The van der Waals surface area contributed by atoms with E-state index in [9.17, 15) is 0 Å². The molecule has 0 radical (unpaired) electrons. The number of halogens is 1. The molecule has 0 rings (SSSR count). The van der Waals surface area contributed by atoms with Crippen molar-refractivity contribution in [1.29, 1.82) is 0 Å². The Balaban J connectivity index is 3.59. The van der Waals surface area contributed by atoms with Gasteiger partial charge in [0.1, 0.15) is 0 Å². The van der Waals surface area contributed by atoms with E-state index < -0.39 is 0 Å². The quantitative estimate of drug-likeness (QED) is 0.503. The molecule has 0 N–H and O–H groups in total. The van der Waals surface area contributed by atoms with Crippen LogP contribution in [0.25, 0.3) is 0 Å². The normalized spacial score (nSPS) is 14.5. The van der Waals surface area contributed by atoms with Crippen LogP contribution < -0.4 is 0 Å². The Bertz CT molecular complexity index is 118. The van der Waals surface area contributed by atoms with Gasteiger partial charge in [0.25, 0.3) is 0 Å². The third kappa shape index (κ3) is 9.39. The molecule has 1 atom stereocenters. The van der Waals surface area contributed by atoms with Crippen molar-refractivity contribution in [2.75, 3.05) is 10.2 Å². The Morgan fingerprint density at radius 1 is 1.31 bits per heavy atom. The van der Waals surface area contributed by atoms with E-state index in [-0.39, 0.29) is 0 Å². The smallest absolute Gasteiger partial charge is 0.00752 e. The molecular weight excluding hydrogens is 291 g/mol. The van der Waals surface area contributed by atoms with Crippen molar-refractivity contribution in [2.24, 2.45) is 5.92 Å². The molecule has 2 heteroatoms. The molecule has 0 aliphatic carbocycles. The lowest BCUT2D eigenvalue weighted by Gasteiger charge is -2.21. The summed E-state index contributed by atoms with van der Waals surface area (Å²) in [4.78, 5) is 0. The van der Waals surface area contributed by atoms with Gasteiger partial charge in [-0.2, -0.15) is 11.8 Å². The van der Waals surface area contributed by atoms with E-state index in [2.05, 4.69) is 62.0 Å². The van der Waals surface area contributed by atoms with E-state index in [0.717, 1.165) is 5.92 Å².